The number of carbonyl (C=O) groups excluding carboxylic acids is 2. The molecule has 0 aliphatic rings. The lowest BCUT2D eigenvalue weighted by molar-refractivity contribution is 0.101. The lowest BCUT2D eigenvalue weighted by Crippen LogP contribution is -2.12. The van der Waals surface area contributed by atoms with Crippen LogP contribution in [0.3, 0.4) is 0 Å². The number of rotatable bonds is 4. The zero-order chi connectivity index (χ0) is 16.5. The molecular weight excluding hydrogens is 324 g/mol. The molecule has 0 unspecified atom stereocenters. The monoisotopic (exact) mass is 338 g/mol. The summed E-state index contributed by atoms with van der Waals surface area (Å²) in [6.07, 6.45) is 0. The third kappa shape index (κ3) is 3.59. The minimum atomic E-state index is -3.83. The summed E-state index contributed by atoms with van der Waals surface area (Å²) in [5.74, 6) is -0.557. The van der Waals surface area contributed by atoms with Crippen molar-refractivity contribution in [1.82, 2.24) is 0 Å². The van der Waals surface area contributed by atoms with E-state index in [0.29, 0.717) is 16.8 Å². The average Bonchev–Trinajstić information content (AvgIpc) is 2.81. The highest BCUT2D eigenvalue weighted by atomic mass is 32.2. The van der Waals surface area contributed by atoms with Crippen molar-refractivity contribution >= 4 is 38.7 Å². The Balaban J connectivity index is 2.28. The molecule has 6 nitrogen and oxygen atoms in total. The molecule has 0 bridgehead atoms. The highest BCUT2D eigenvalue weighted by Crippen LogP contribution is 2.26. The van der Waals surface area contributed by atoms with E-state index in [1.165, 1.54) is 13.0 Å². The van der Waals surface area contributed by atoms with E-state index in [0.717, 1.165) is 11.3 Å². The lowest BCUT2D eigenvalue weighted by Gasteiger charge is -2.05. The maximum atomic E-state index is 12.2. The molecule has 0 saturated heterocycles. The molecule has 0 atom stereocenters. The number of Topliss-reactive ketones (excluding diaryl/α,β-unsaturated/α-hetero) is 1. The Bertz CT molecular complexity index is 853. The van der Waals surface area contributed by atoms with Crippen LogP contribution in [0.2, 0.25) is 0 Å². The molecule has 0 fully saturated rings. The van der Waals surface area contributed by atoms with Crippen LogP contribution in [0, 0.1) is 6.92 Å². The number of aryl methyl sites for hydroxylation is 1. The van der Waals surface area contributed by atoms with Crippen LogP contribution < -0.4 is 10.5 Å². The van der Waals surface area contributed by atoms with Crippen LogP contribution in [-0.2, 0) is 10.0 Å². The molecule has 0 radical (unpaired) electrons. The molecule has 0 aliphatic carbocycles. The molecular formula is C14H14N2O4S2. The molecule has 1 aromatic carbocycles. The number of amides is 1. The molecule has 2 aromatic rings. The Morgan fingerprint density at radius 3 is 2.45 bits per heavy atom. The van der Waals surface area contributed by atoms with Crippen LogP contribution in [-0.4, -0.2) is 20.1 Å². The van der Waals surface area contributed by atoms with Crippen molar-refractivity contribution in [2.24, 2.45) is 5.14 Å². The van der Waals surface area contributed by atoms with Gasteiger partial charge < -0.3 is 5.32 Å². The Kier molecular flexibility index (Phi) is 4.45. The zero-order valence-corrected chi connectivity index (χ0v) is 13.5. The van der Waals surface area contributed by atoms with Gasteiger partial charge in [-0.3, -0.25) is 9.59 Å². The number of hydrogen-bond donors (Lipinski definition) is 2. The van der Waals surface area contributed by atoms with Gasteiger partial charge in [0.25, 0.3) is 5.91 Å². The second-order valence-electron chi connectivity index (χ2n) is 4.71. The van der Waals surface area contributed by atoms with Gasteiger partial charge in [0.1, 0.15) is 4.21 Å². The van der Waals surface area contributed by atoms with Crippen molar-refractivity contribution in [2.75, 3.05) is 5.32 Å². The summed E-state index contributed by atoms with van der Waals surface area (Å²) in [7, 11) is -3.83. The first-order valence-electron chi connectivity index (χ1n) is 6.24. The predicted octanol–water partition coefficient (Wildman–Crippen LogP) is 2.16. The first-order valence-corrected chi connectivity index (χ1v) is 8.60. The fourth-order valence-electron chi connectivity index (χ4n) is 1.82. The third-order valence-corrected chi connectivity index (χ3v) is 5.56. The van der Waals surface area contributed by atoms with Crippen LogP contribution in [0.25, 0.3) is 0 Å². The van der Waals surface area contributed by atoms with Gasteiger partial charge in [-0.1, -0.05) is 12.1 Å². The molecule has 22 heavy (non-hydrogen) atoms. The lowest BCUT2D eigenvalue weighted by atomic mass is 10.1. The largest absolute Gasteiger partial charge is 0.321 e. The summed E-state index contributed by atoms with van der Waals surface area (Å²) in [4.78, 5) is 23.8. The van der Waals surface area contributed by atoms with Crippen LogP contribution >= 0.6 is 11.3 Å². The van der Waals surface area contributed by atoms with Crippen molar-refractivity contribution in [3.63, 3.8) is 0 Å². The van der Waals surface area contributed by atoms with Gasteiger partial charge in [-0.2, -0.15) is 0 Å². The van der Waals surface area contributed by atoms with Gasteiger partial charge in [-0.05, 0) is 37.6 Å². The van der Waals surface area contributed by atoms with Crippen LogP contribution in [0.1, 0.15) is 32.5 Å². The van der Waals surface area contributed by atoms with Crippen molar-refractivity contribution < 1.29 is 18.0 Å². The number of benzene rings is 1. The molecule has 0 saturated carbocycles. The maximum Gasteiger partial charge on any atom is 0.266 e. The molecule has 116 valence electrons. The highest BCUT2D eigenvalue weighted by molar-refractivity contribution is 7.91. The molecule has 1 heterocycles. The number of carbonyl (C=O) groups is 2. The van der Waals surface area contributed by atoms with Gasteiger partial charge in [0.05, 0.1) is 4.88 Å². The Morgan fingerprint density at radius 1 is 1.23 bits per heavy atom. The topological polar surface area (TPSA) is 106 Å². The van der Waals surface area contributed by atoms with Gasteiger partial charge in [0.2, 0.25) is 10.0 Å². The molecule has 3 N–H and O–H groups in total. The second-order valence-corrected chi connectivity index (χ2v) is 7.55. The Morgan fingerprint density at radius 2 is 1.91 bits per heavy atom. The maximum absolute atomic E-state index is 12.2. The first-order chi connectivity index (χ1) is 10.2. The van der Waals surface area contributed by atoms with Gasteiger partial charge in [-0.25, -0.2) is 13.6 Å². The van der Waals surface area contributed by atoms with Crippen molar-refractivity contribution in [1.29, 1.82) is 0 Å². The minimum Gasteiger partial charge on any atom is -0.321 e. The van der Waals surface area contributed by atoms with E-state index in [9.17, 15) is 18.0 Å². The van der Waals surface area contributed by atoms with E-state index < -0.39 is 15.9 Å². The van der Waals surface area contributed by atoms with Crippen molar-refractivity contribution in [2.45, 2.75) is 18.1 Å². The Hall–Kier alpha value is -2.03. The van der Waals surface area contributed by atoms with E-state index in [1.54, 1.807) is 31.2 Å². The fraction of sp³-hybridized carbons (Fsp3) is 0.143. The van der Waals surface area contributed by atoms with Crippen LogP contribution in [0.5, 0.6) is 0 Å². The first kappa shape index (κ1) is 16.3. The number of nitrogens with two attached hydrogens (primary N) is 1. The summed E-state index contributed by atoms with van der Waals surface area (Å²) < 4.78 is 22.6. The normalized spacial score (nSPS) is 11.2. The van der Waals surface area contributed by atoms with E-state index in [2.05, 4.69) is 5.32 Å². The van der Waals surface area contributed by atoms with Gasteiger partial charge in [-0.15, -0.1) is 11.3 Å². The second kappa shape index (κ2) is 5.99. The van der Waals surface area contributed by atoms with Gasteiger partial charge in [0.15, 0.2) is 5.78 Å². The number of primary sulfonamides is 1. The average molecular weight is 338 g/mol. The molecule has 0 aliphatic heterocycles. The van der Waals surface area contributed by atoms with Crippen molar-refractivity contribution in [3.05, 3.63) is 46.3 Å². The summed E-state index contributed by atoms with van der Waals surface area (Å²) in [6, 6.07) is 7.87. The molecule has 1 amide bonds. The summed E-state index contributed by atoms with van der Waals surface area (Å²) in [5, 5.41) is 7.70. The predicted molar refractivity (Wildman–Crippen MR) is 84.8 cm³/mol. The standard InChI is InChI=1S/C14H14N2O4S2/c1-8-6-12(22(15,19)20)21-13(8)14(18)16-11-5-3-4-10(7-11)9(2)17/h3-7H,1-2H3,(H,16,18)(H2,15,19,20). The summed E-state index contributed by atoms with van der Waals surface area (Å²) in [5.41, 5.74) is 1.46. The molecule has 8 heteroatoms. The number of anilines is 1. The molecule has 0 spiro atoms. The Labute approximate surface area is 132 Å². The molecule has 2 rings (SSSR count). The fourth-order valence-corrected chi connectivity index (χ4v) is 3.68. The summed E-state index contributed by atoms with van der Waals surface area (Å²) >= 11 is 0.812. The minimum absolute atomic E-state index is 0.0624. The van der Waals surface area contributed by atoms with E-state index >= 15 is 0 Å². The highest BCUT2D eigenvalue weighted by Gasteiger charge is 2.19. The quantitative estimate of drug-likeness (QED) is 0.833. The van der Waals surface area contributed by atoms with Crippen molar-refractivity contribution in [3.8, 4) is 0 Å². The van der Waals surface area contributed by atoms with E-state index in [4.69, 9.17) is 5.14 Å². The van der Waals surface area contributed by atoms with Crippen LogP contribution in [0.15, 0.2) is 34.5 Å². The summed E-state index contributed by atoms with van der Waals surface area (Å²) in [6.45, 7) is 3.06. The zero-order valence-electron chi connectivity index (χ0n) is 11.9. The van der Waals surface area contributed by atoms with Gasteiger partial charge >= 0.3 is 0 Å². The van der Waals surface area contributed by atoms with Gasteiger partial charge in [0, 0.05) is 11.3 Å². The molecule has 1 aromatic heterocycles. The number of hydrogen-bond acceptors (Lipinski definition) is 5. The van der Waals surface area contributed by atoms with E-state index in [1.807, 2.05) is 0 Å². The number of nitrogens with one attached hydrogen (secondary N) is 1. The number of thiophene rings is 1. The smallest absolute Gasteiger partial charge is 0.266 e. The number of ketones is 1. The third-order valence-electron chi connectivity index (χ3n) is 2.91. The van der Waals surface area contributed by atoms with Crippen LogP contribution in [0.4, 0.5) is 5.69 Å². The SMILES string of the molecule is CC(=O)c1cccc(NC(=O)c2sc(S(N)(=O)=O)cc2C)c1. The van der Waals surface area contributed by atoms with E-state index in [-0.39, 0.29) is 14.9 Å². The number of sulfonamides is 1.